The second-order valence-corrected chi connectivity index (χ2v) is 6.71. The summed E-state index contributed by atoms with van der Waals surface area (Å²) in [6.45, 7) is 1.03. The molecule has 1 aromatic carbocycles. The number of sulfonamides is 1. The molecule has 0 saturated carbocycles. The van der Waals surface area contributed by atoms with E-state index in [4.69, 9.17) is 22.7 Å². The lowest BCUT2D eigenvalue weighted by Gasteiger charge is -2.11. The number of nitrogens with two attached hydrogens (primary N) is 1. The first kappa shape index (κ1) is 14.4. The van der Waals surface area contributed by atoms with Crippen LogP contribution in [0.1, 0.15) is 12.0 Å². The highest BCUT2D eigenvalue weighted by Crippen LogP contribution is 2.14. The van der Waals surface area contributed by atoms with Crippen molar-refractivity contribution < 1.29 is 13.2 Å². The Morgan fingerprint density at radius 2 is 2.11 bits per heavy atom. The number of benzene rings is 1. The van der Waals surface area contributed by atoms with Crippen LogP contribution in [0.2, 0.25) is 0 Å². The third kappa shape index (κ3) is 3.97. The minimum absolute atomic E-state index is 0.138. The molecule has 1 unspecified atom stereocenters. The summed E-state index contributed by atoms with van der Waals surface area (Å²) >= 11 is 4.81. The van der Waals surface area contributed by atoms with Crippen molar-refractivity contribution in [1.29, 1.82) is 0 Å². The van der Waals surface area contributed by atoms with Gasteiger partial charge >= 0.3 is 0 Å². The van der Waals surface area contributed by atoms with E-state index >= 15 is 0 Å². The van der Waals surface area contributed by atoms with Crippen molar-refractivity contribution in [2.24, 2.45) is 5.73 Å². The van der Waals surface area contributed by atoms with Gasteiger partial charge in [-0.25, -0.2) is 13.1 Å². The third-order valence-corrected chi connectivity index (χ3v) is 4.54. The molecule has 0 aromatic heterocycles. The van der Waals surface area contributed by atoms with Gasteiger partial charge in [-0.1, -0.05) is 24.4 Å². The Kier molecular flexibility index (Phi) is 4.51. The average molecular weight is 300 g/mol. The molecule has 0 amide bonds. The highest BCUT2D eigenvalue weighted by molar-refractivity contribution is 7.89. The van der Waals surface area contributed by atoms with Gasteiger partial charge in [0, 0.05) is 19.1 Å². The molecule has 104 valence electrons. The summed E-state index contributed by atoms with van der Waals surface area (Å²) in [6.07, 6.45) is 1.18. The van der Waals surface area contributed by atoms with Gasteiger partial charge in [0.25, 0.3) is 0 Å². The Hall–Kier alpha value is -1.02. The van der Waals surface area contributed by atoms with Gasteiger partial charge in [0.2, 0.25) is 10.0 Å². The van der Waals surface area contributed by atoms with E-state index < -0.39 is 10.0 Å². The molecule has 0 spiro atoms. The molecule has 2 rings (SSSR count). The number of hydrogen-bond donors (Lipinski definition) is 2. The third-order valence-electron chi connectivity index (χ3n) is 2.86. The molecular weight excluding hydrogens is 284 g/mol. The second-order valence-electron chi connectivity index (χ2n) is 4.47. The first-order chi connectivity index (χ1) is 8.97. The van der Waals surface area contributed by atoms with Crippen LogP contribution in [0, 0.1) is 0 Å². The van der Waals surface area contributed by atoms with Gasteiger partial charge in [0.05, 0.1) is 16.5 Å². The molecule has 1 aliphatic rings. The number of nitrogens with one attached hydrogen (secondary N) is 1. The highest BCUT2D eigenvalue weighted by Gasteiger charge is 2.23. The number of hydrogen-bond acceptors (Lipinski definition) is 4. The Bertz CT molecular complexity index is 549. The van der Waals surface area contributed by atoms with E-state index in [9.17, 15) is 8.42 Å². The number of rotatable bonds is 5. The molecule has 19 heavy (non-hydrogen) atoms. The largest absolute Gasteiger partial charge is 0.393 e. The average Bonchev–Trinajstić information content (AvgIpc) is 2.81. The fourth-order valence-corrected chi connectivity index (χ4v) is 3.32. The summed E-state index contributed by atoms with van der Waals surface area (Å²) in [6, 6.07) is 6.43. The predicted molar refractivity (Wildman–Crippen MR) is 76.5 cm³/mol. The Balaban J connectivity index is 2.09. The van der Waals surface area contributed by atoms with Crippen LogP contribution in [0.25, 0.3) is 0 Å². The fourth-order valence-electron chi connectivity index (χ4n) is 1.90. The maximum Gasteiger partial charge on any atom is 0.240 e. The SMILES string of the molecule is NC(=S)Cc1ccc(S(=O)(=O)NC2CCOC2)cc1. The summed E-state index contributed by atoms with van der Waals surface area (Å²) in [5.74, 6) is 0. The normalized spacial score (nSPS) is 19.5. The van der Waals surface area contributed by atoms with Crippen molar-refractivity contribution in [3.63, 3.8) is 0 Å². The van der Waals surface area contributed by atoms with Gasteiger partial charge in [0.1, 0.15) is 0 Å². The lowest BCUT2D eigenvalue weighted by molar-refractivity contribution is 0.192. The highest BCUT2D eigenvalue weighted by atomic mass is 32.2. The minimum Gasteiger partial charge on any atom is -0.393 e. The second kappa shape index (κ2) is 5.96. The number of ether oxygens (including phenoxy) is 1. The van der Waals surface area contributed by atoms with E-state index in [1.165, 1.54) is 0 Å². The lowest BCUT2D eigenvalue weighted by atomic mass is 10.1. The molecular formula is C12H16N2O3S2. The molecule has 1 fully saturated rings. The molecule has 0 radical (unpaired) electrons. The van der Waals surface area contributed by atoms with E-state index in [1.807, 2.05) is 0 Å². The molecule has 5 nitrogen and oxygen atoms in total. The van der Waals surface area contributed by atoms with E-state index in [0.29, 0.717) is 31.0 Å². The van der Waals surface area contributed by atoms with Crippen LogP contribution < -0.4 is 10.5 Å². The number of thiocarbonyl (C=S) groups is 1. The molecule has 7 heteroatoms. The van der Waals surface area contributed by atoms with Crippen LogP contribution in [0.4, 0.5) is 0 Å². The summed E-state index contributed by atoms with van der Waals surface area (Å²) in [7, 11) is -3.48. The smallest absolute Gasteiger partial charge is 0.240 e. The molecule has 1 atom stereocenters. The molecule has 0 aliphatic carbocycles. The van der Waals surface area contributed by atoms with Crippen molar-refractivity contribution in [2.45, 2.75) is 23.8 Å². The maximum atomic E-state index is 12.1. The quantitative estimate of drug-likeness (QED) is 0.778. The van der Waals surface area contributed by atoms with Crippen molar-refractivity contribution >= 4 is 27.2 Å². The summed E-state index contributed by atoms with van der Waals surface area (Å²) < 4.78 is 32.0. The fraction of sp³-hybridized carbons (Fsp3) is 0.417. The van der Waals surface area contributed by atoms with E-state index in [1.54, 1.807) is 24.3 Å². The van der Waals surface area contributed by atoms with Crippen molar-refractivity contribution in [2.75, 3.05) is 13.2 Å². The molecule has 1 heterocycles. The molecule has 0 bridgehead atoms. The Morgan fingerprint density at radius 1 is 1.42 bits per heavy atom. The van der Waals surface area contributed by atoms with Gasteiger partial charge in [-0.05, 0) is 24.1 Å². The van der Waals surface area contributed by atoms with Crippen LogP contribution in [-0.2, 0) is 21.2 Å². The zero-order chi connectivity index (χ0) is 13.9. The van der Waals surface area contributed by atoms with Gasteiger partial charge < -0.3 is 10.5 Å². The van der Waals surface area contributed by atoms with Crippen LogP contribution in [-0.4, -0.2) is 32.7 Å². The van der Waals surface area contributed by atoms with Crippen LogP contribution in [0.3, 0.4) is 0 Å². The minimum atomic E-state index is -3.48. The van der Waals surface area contributed by atoms with Gasteiger partial charge in [-0.2, -0.15) is 0 Å². The zero-order valence-corrected chi connectivity index (χ0v) is 12.0. The monoisotopic (exact) mass is 300 g/mol. The molecule has 1 saturated heterocycles. The summed E-state index contributed by atoms with van der Waals surface area (Å²) in [4.78, 5) is 0.628. The first-order valence-corrected chi connectivity index (χ1v) is 7.84. The lowest BCUT2D eigenvalue weighted by Crippen LogP contribution is -2.34. The Labute approximate surface area is 118 Å². The summed E-state index contributed by atoms with van der Waals surface area (Å²) in [5, 5.41) is 0. The van der Waals surface area contributed by atoms with Gasteiger partial charge in [0.15, 0.2) is 0 Å². The van der Waals surface area contributed by atoms with Crippen LogP contribution in [0.15, 0.2) is 29.2 Å². The van der Waals surface area contributed by atoms with Gasteiger partial charge in [-0.3, -0.25) is 0 Å². The van der Waals surface area contributed by atoms with E-state index in [-0.39, 0.29) is 10.9 Å². The summed E-state index contributed by atoms with van der Waals surface area (Å²) in [5.41, 5.74) is 6.34. The van der Waals surface area contributed by atoms with Crippen molar-refractivity contribution in [3.8, 4) is 0 Å². The predicted octanol–water partition coefficient (Wildman–Crippen LogP) is 0.582. The molecule has 1 aliphatic heterocycles. The van der Waals surface area contributed by atoms with E-state index in [0.717, 1.165) is 5.56 Å². The van der Waals surface area contributed by atoms with E-state index in [2.05, 4.69) is 4.72 Å². The maximum absolute atomic E-state index is 12.1. The van der Waals surface area contributed by atoms with Crippen LogP contribution in [0.5, 0.6) is 0 Å². The Morgan fingerprint density at radius 3 is 2.63 bits per heavy atom. The molecule has 3 N–H and O–H groups in total. The van der Waals surface area contributed by atoms with Crippen molar-refractivity contribution in [1.82, 2.24) is 4.72 Å². The first-order valence-electron chi connectivity index (χ1n) is 5.95. The zero-order valence-electron chi connectivity index (χ0n) is 10.3. The standard InChI is InChI=1S/C12H16N2O3S2/c13-12(18)7-9-1-3-11(4-2-9)19(15,16)14-10-5-6-17-8-10/h1-4,10,14H,5-8H2,(H2,13,18). The van der Waals surface area contributed by atoms with Gasteiger partial charge in [-0.15, -0.1) is 0 Å². The van der Waals surface area contributed by atoms with Crippen LogP contribution >= 0.6 is 12.2 Å². The molecule has 1 aromatic rings. The topological polar surface area (TPSA) is 81.4 Å². The van der Waals surface area contributed by atoms with Crippen molar-refractivity contribution in [3.05, 3.63) is 29.8 Å².